The van der Waals surface area contributed by atoms with Gasteiger partial charge in [0.25, 0.3) is 0 Å². The Hall–Kier alpha value is -2.29. The first-order valence-electron chi connectivity index (χ1n) is 7.25. The number of rotatable bonds is 6. The van der Waals surface area contributed by atoms with Crippen molar-refractivity contribution in [2.24, 2.45) is 0 Å². The van der Waals surface area contributed by atoms with E-state index in [2.05, 4.69) is 19.1 Å². The van der Waals surface area contributed by atoms with Gasteiger partial charge in [0.05, 0.1) is 0 Å². The van der Waals surface area contributed by atoms with E-state index in [1.54, 1.807) is 13.0 Å². The third kappa shape index (κ3) is 6.00. The van der Waals surface area contributed by atoms with E-state index in [4.69, 9.17) is 9.84 Å². The average molecular weight is 300 g/mol. The van der Waals surface area contributed by atoms with E-state index in [0.29, 0.717) is 12.2 Å². The molecule has 0 saturated heterocycles. The first-order chi connectivity index (χ1) is 10.3. The van der Waals surface area contributed by atoms with Gasteiger partial charge in [0.1, 0.15) is 12.4 Å². The smallest absolute Gasteiger partial charge is 0.328 e. The van der Waals surface area contributed by atoms with E-state index in [1.807, 2.05) is 32.9 Å². The van der Waals surface area contributed by atoms with Crippen LogP contribution in [0.1, 0.15) is 30.5 Å². The Morgan fingerprint density at radius 3 is 2.32 bits per heavy atom. The molecule has 0 aliphatic carbocycles. The van der Waals surface area contributed by atoms with Gasteiger partial charge in [-0.3, -0.25) is 0 Å². The predicted octanol–water partition coefficient (Wildman–Crippen LogP) is 4.52. The molecule has 0 aromatic heterocycles. The summed E-state index contributed by atoms with van der Waals surface area (Å²) in [4.78, 5) is 10.5. The standard InChI is InChI=1S/C19H24O3/c1-13(11-18(20)21)7-6-8-14(2)12-22-19-16(4)9-15(3)10-17(19)5/h6-11H,12H2,1-5H3,(H,20,21)/b7-6+,13-11+,14-8+. The molecule has 1 N–H and O–H groups in total. The molecule has 118 valence electrons. The van der Waals surface area contributed by atoms with E-state index in [9.17, 15) is 4.79 Å². The highest BCUT2D eigenvalue weighted by atomic mass is 16.5. The van der Waals surface area contributed by atoms with Gasteiger partial charge in [0.15, 0.2) is 0 Å². The molecule has 0 radical (unpaired) electrons. The number of carbonyl (C=O) groups is 1. The second-order valence-electron chi connectivity index (χ2n) is 5.62. The maximum atomic E-state index is 10.5. The second-order valence-corrected chi connectivity index (χ2v) is 5.62. The van der Waals surface area contributed by atoms with Crippen LogP contribution in [0.5, 0.6) is 5.75 Å². The fraction of sp³-hybridized carbons (Fsp3) is 0.316. The van der Waals surface area contributed by atoms with Crippen molar-refractivity contribution in [3.8, 4) is 5.75 Å². The SMILES string of the molecule is CC(/C=C/C=C(\C)COc1c(C)cc(C)cc1C)=C\C(=O)O. The summed E-state index contributed by atoms with van der Waals surface area (Å²) in [6.07, 6.45) is 6.70. The summed E-state index contributed by atoms with van der Waals surface area (Å²) in [6.45, 7) is 10.4. The van der Waals surface area contributed by atoms with Crippen LogP contribution in [0.4, 0.5) is 0 Å². The van der Waals surface area contributed by atoms with Crippen molar-refractivity contribution >= 4 is 5.97 Å². The zero-order valence-electron chi connectivity index (χ0n) is 13.9. The second kappa shape index (κ2) is 8.23. The van der Waals surface area contributed by atoms with E-state index in [0.717, 1.165) is 22.4 Å². The molecule has 0 spiro atoms. The zero-order chi connectivity index (χ0) is 16.7. The summed E-state index contributed by atoms with van der Waals surface area (Å²) < 4.78 is 5.90. The molecule has 1 aromatic rings. The lowest BCUT2D eigenvalue weighted by Crippen LogP contribution is -2.02. The highest BCUT2D eigenvalue weighted by molar-refractivity contribution is 5.81. The number of hydrogen-bond donors (Lipinski definition) is 1. The van der Waals surface area contributed by atoms with E-state index in [1.165, 1.54) is 11.6 Å². The minimum atomic E-state index is -0.934. The lowest BCUT2D eigenvalue weighted by molar-refractivity contribution is -0.131. The van der Waals surface area contributed by atoms with Crippen LogP contribution in [-0.2, 0) is 4.79 Å². The maximum absolute atomic E-state index is 10.5. The largest absolute Gasteiger partial charge is 0.489 e. The van der Waals surface area contributed by atoms with Gasteiger partial charge < -0.3 is 9.84 Å². The predicted molar refractivity (Wildman–Crippen MR) is 90.4 cm³/mol. The van der Waals surface area contributed by atoms with E-state index < -0.39 is 5.97 Å². The van der Waals surface area contributed by atoms with Crippen molar-refractivity contribution in [3.05, 3.63) is 64.3 Å². The lowest BCUT2D eigenvalue weighted by atomic mass is 10.1. The van der Waals surface area contributed by atoms with Gasteiger partial charge in [-0.15, -0.1) is 0 Å². The Morgan fingerprint density at radius 1 is 1.18 bits per heavy atom. The summed E-state index contributed by atoms with van der Waals surface area (Å²) in [6, 6.07) is 4.22. The number of allylic oxidation sites excluding steroid dienone is 4. The molecule has 22 heavy (non-hydrogen) atoms. The number of ether oxygens (including phenoxy) is 1. The molecule has 0 atom stereocenters. The average Bonchev–Trinajstić information content (AvgIpc) is 2.36. The molecule has 0 fully saturated rings. The summed E-state index contributed by atoms with van der Waals surface area (Å²) in [7, 11) is 0. The van der Waals surface area contributed by atoms with Crippen LogP contribution in [0.25, 0.3) is 0 Å². The Balaban J connectivity index is 2.67. The lowest BCUT2D eigenvalue weighted by Gasteiger charge is -2.13. The molecule has 0 saturated carbocycles. The Kier molecular flexibility index (Phi) is 6.64. The van der Waals surface area contributed by atoms with Crippen molar-refractivity contribution in [3.63, 3.8) is 0 Å². The number of aryl methyl sites for hydroxylation is 3. The quantitative estimate of drug-likeness (QED) is 0.620. The van der Waals surface area contributed by atoms with Gasteiger partial charge in [0.2, 0.25) is 0 Å². The third-order valence-electron chi connectivity index (χ3n) is 3.14. The van der Waals surface area contributed by atoms with Gasteiger partial charge in [-0.2, -0.15) is 0 Å². The molecule has 0 aliphatic rings. The number of carboxylic acid groups (broad SMARTS) is 1. The number of hydrogen-bond acceptors (Lipinski definition) is 2. The van der Waals surface area contributed by atoms with Gasteiger partial charge in [-0.05, 0) is 56.9 Å². The summed E-state index contributed by atoms with van der Waals surface area (Å²) >= 11 is 0. The third-order valence-corrected chi connectivity index (χ3v) is 3.14. The van der Waals surface area contributed by atoms with Crippen LogP contribution in [0.15, 0.2) is 47.6 Å². The van der Waals surface area contributed by atoms with E-state index >= 15 is 0 Å². The minimum absolute atomic E-state index is 0.511. The number of carboxylic acids is 1. The molecule has 0 amide bonds. The van der Waals surface area contributed by atoms with Gasteiger partial charge in [-0.1, -0.05) is 35.9 Å². The molecule has 0 heterocycles. The van der Waals surface area contributed by atoms with Crippen molar-refractivity contribution in [2.45, 2.75) is 34.6 Å². The minimum Gasteiger partial charge on any atom is -0.489 e. The van der Waals surface area contributed by atoms with Crippen LogP contribution in [0.3, 0.4) is 0 Å². The fourth-order valence-corrected chi connectivity index (χ4v) is 2.24. The van der Waals surface area contributed by atoms with Crippen molar-refractivity contribution < 1.29 is 14.6 Å². The van der Waals surface area contributed by atoms with Crippen LogP contribution >= 0.6 is 0 Å². The Morgan fingerprint density at radius 2 is 1.77 bits per heavy atom. The normalized spacial score (nSPS) is 12.8. The first-order valence-corrected chi connectivity index (χ1v) is 7.25. The molecule has 0 aliphatic heterocycles. The molecule has 0 bridgehead atoms. The zero-order valence-corrected chi connectivity index (χ0v) is 13.9. The van der Waals surface area contributed by atoms with Crippen LogP contribution < -0.4 is 4.74 Å². The van der Waals surface area contributed by atoms with Gasteiger partial charge in [-0.25, -0.2) is 4.79 Å². The highest BCUT2D eigenvalue weighted by Crippen LogP contribution is 2.24. The molecule has 3 nitrogen and oxygen atoms in total. The molecular weight excluding hydrogens is 276 g/mol. The Labute approximate surface area is 132 Å². The molecule has 1 rings (SSSR count). The van der Waals surface area contributed by atoms with Crippen molar-refractivity contribution in [1.82, 2.24) is 0 Å². The monoisotopic (exact) mass is 300 g/mol. The Bertz CT molecular complexity index is 611. The highest BCUT2D eigenvalue weighted by Gasteiger charge is 2.04. The first kappa shape index (κ1) is 17.8. The van der Waals surface area contributed by atoms with Gasteiger partial charge in [0, 0.05) is 6.08 Å². The molecule has 0 unspecified atom stereocenters. The number of aliphatic carboxylic acids is 1. The number of benzene rings is 1. The fourth-order valence-electron chi connectivity index (χ4n) is 2.24. The molecule has 1 aromatic carbocycles. The molecule has 3 heteroatoms. The summed E-state index contributed by atoms with van der Waals surface area (Å²) in [5.41, 5.74) is 5.28. The maximum Gasteiger partial charge on any atom is 0.328 e. The van der Waals surface area contributed by atoms with Crippen LogP contribution in [-0.4, -0.2) is 17.7 Å². The summed E-state index contributed by atoms with van der Waals surface area (Å²) in [5, 5.41) is 8.63. The van der Waals surface area contributed by atoms with Crippen LogP contribution in [0, 0.1) is 20.8 Å². The topological polar surface area (TPSA) is 46.5 Å². The van der Waals surface area contributed by atoms with Crippen molar-refractivity contribution in [1.29, 1.82) is 0 Å². The van der Waals surface area contributed by atoms with Crippen LogP contribution in [0.2, 0.25) is 0 Å². The van der Waals surface area contributed by atoms with E-state index in [-0.39, 0.29) is 0 Å². The summed E-state index contributed by atoms with van der Waals surface area (Å²) in [5.74, 6) is 0.000731. The molecular formula is C19H24O3. The van der Waals surface area contributed by atoms with Crippen molar-refractivity contribution in [2.75, 3.05) is 6.61 Å². The van der Waals surface area contributed by atoms with Gasteiger partial charge >= 0.3 is 5.97 Å².